The summed E-state index contributed by atoms with van der Waals surface area (Å²) < 4.78 is -0.556. The van der Waals surface area contributed by atoms with Crippen LogP contribution in [0.1, 0.15) is 6.92 Å². The van der Waals surface area contributed by atoms with Crippen LogP contribution in [0.4, 0.5) is 0 Å². The number of aliphatic hydroxyl groups excluding tert-OH is 1. The minimum atomic E-state index is -0.556. The topological polar surface area (TPSA) is 43.3 Å². The lowest BCUT2D eigenvalue weighted by Gasteiger charge is -2.34. The molecule has 3 heteroatoms. The summed E-state index contributed by atoms with van der Waals surface area (Å²) in [4.78, 5) is 0. The molecule has 0 heterocycles. The Kier molecular flexibility index (Phi) is 2.22. The highest BCUT2D eigenvalue weighted by molar-refractivity contribution is 4.20. The predicted octanol–water partition coefficient (Wildman–Crippen LogP) is -0.0995. The Hall–Kier alpha value is -0.120. The maximum atomic E-state index is 10.5. The van der Waals surface area contributed by atoms with E-state index in [1.54, 1.807) is 6.92 Å². The maximum absolute atomic E-state index is 10.5. The largest absolute Gasteiger partial charge is 0.631 e. The highest BCUT2D eigenvalue weighted by atomic mass is 16.6. The molecule has 0 aromatic heterocycles. The van der Waals surface area contributed by atoms with Crippen molar-refractivity contribution < 1.29 is 9.75 Å². The molecular formula is C4H11NO2. The second-order valence-corrected chi connectivity index (χ2v) is 1.75. The van der Waals surface area contributed by atoms with Crippen molar-refractivity contribution in [2.75, 3.05) is 20.3 Å². The van der Waals surface area contributed by atoms with Gasteiger partial charge in [-0.3, -0.25) is 0 Å². The van der Waals surface area contributed by atoms with Crippen molar-refractivity contribution in [2.45, 2.75) is 6.92 Å². The lowest BCUT2D eigenvalue weighted by molar-refractivity contribution is -0.878. The molecule has 0 radical (unpaired) electrons. The Morgan fingerprint density at radius 1 is 1.71 bits per heavy atom. The smallest absolute Gasteiger partial charge is 0.179 e. The van der Waals surface area contributed by atoms with E-state index >= 15 is 0 Å². The Balaban J connectivity index is 3.36. The first-order valence-electron chi connectivity index (χ1n) is 2.29. The fourth-order valence-corrected chi connectivity index (χ4v) is 0.1000. The number of hydrogen-bond acceptors (Lipinski definition) is 2. The third-order valence-electron chi connectivity index (χ3n) is 0.968. The van der Waals surface area contributed by atoms with Gasteiger partial charge in [0.15, 0.2) is 6.73 Å². The lowest BCUT2D eigenvalue weighted by Crippen LogP contribution is -2.37. The molecule has 0 fully saturated rings. The van der Waals surface area contributed by atoms with E-state index in [2.05, 4.69) is 0 Å². The van der Waals surface area contributed by atoms with Crippen LogP contribution >= 0.6 is 0 Å². The molecule has 0 aromatic rings. The summed E-state index contributed by atoms with van der Waals surface area (Å²) in [6.07, 6.45) is 0. The van der Waals surface area contributed by atoms with Crippen molar-refractivity contribution in [3.05, 3.63) is 5.21 Å². The van der Waals surface area contributed by atoms with Gasteiger partial charge in [0.2, 0.25) is 0 Å². The zero-order valence-electron chi connectivity index (χ0n) is 4.72. The van der Waals surface area contributed by atoms with Gasteiger partial charge >= 0.3 is 0 Å². The standard InChI is InChI=1S/C4H11NO2/c1-3-5(2,7)4-6/h6H,3-4H2,1-2H3. The predicted molar refractivity (Wildman–Crippen MR) is 27.2 cm³/mol. The van der Waals surface area contributed by atoms with E-state index in [1.807, 2.05) is 0 Å². The number of quaternary nitrogens is 1. The fourth-order valence-electron chi connectivity index (χ4n) is 0.1000. The maximum Gasteiger partial charge on any atom is 0.179 e. The first kappa shape index (κ1) is 6.88. The quantitative estimate of drug-likeness (QED) is 0.303. The number of nitrogens with zero attached hydrogens (tertiary/aromatic N) is 1. The summed E-state index contributed by atoms with van der Waals surface area (Å²) in [5.74, 6) is 0. The normalized spacial score (nSPS) is 18.9. The molecular weight excluding hydrogens is 94.0 g/mol. The highest BCUT2D eigenvalue weighted by Crippen LogP contribution is 1.92. The number of hydrogen-bond donors (Lipinski definition) is 1. The average Bonchev–Trinajstić information content (AvgIpc) is 1.68. The molecule has 0 rings (SSSR count). The van der Waals surface area contributed by atoms with E-state index in [-0.39, 0.29) is 6.73 Å². The van der Waals surface area contributed by atoms with E-state index in [0.29, 0.717) is 6.54 Å². The van der Waals surface area contributed by atoms with Gasteiger partial charge in [-0.15, -0.1) is 0 Å². The second kappa shape index (κ2) is 2.26. The van der Waals surface area contributed by atoms with Gasteiger partial charge in [-0.2, -0.15) is 0 Å². The number of aliphatic hydroxyl groups is 1. The Bertz CT molecular complexity index is 47.7. The van der Waals surface area contributed by atoms with Crippen LogP contribution in [0.25, 0.3) is 0 Å². The van der Waals surface area contributed by atoms with Crippen molar-refractivity contribution in [1.29, 1.82) is 0 Å². The van der Waals surface area contributed by atoms with E-state index in [1.165, 1.54) is 7.05 Å². The van der Waals surface area contributed by atoms with Crippen LogP contribution in [0.5, 0.6) is 0 Å². The summed E-state index contributed by atoms with van der Waals surface area (Å²) >= 11 is 0. The SMILES string of the molecule is CC[N+](C)([O-])CO. The van der Waals surface area contributed by atoms with Gasteiger partial charge in [-0.1, -0.05) is 0 Å². The molecule has 0 aliphatic rings. The fraction of sp³-hybridized carbons (Fsp3) is 1.00. The Labute approximate surface area is 43.3 Å². The summed E-state index contributed by atoms with van der Waals surface area (Å²) in [7, 11) is 1.43. The molecule has 44 valence electrons. The molecule has 7 heavy (non-hydrogen) atoms. The zero-order valence-corrected chi connectivity index (χ0v) is 4.72. The van der Waals surface area contributed by atoms with Crippen LogP contribution in [0.15, 0.2) is 0 Å². The van der Waals surface area contributed by atoms with Gasteiger partial charge in [0.25, 0.3) is 0 Å². The summed E-state index contributed by atoms with van der Waals surface area (Å²) in [6.45, 7) is 1.84. The summed E-state index contributed by atoms with van der Waals surface area (Å²) in [6, 6.07) is 0. The molecule has 1 N–H and O–H groups in total. The van der Waals surface area contributed by atoms with Crippen molar-refractivity contribution in [3.63, 3.8) is 0 Å². The Morgan fingerprint density at radius 3 is 2.14 bits per heavy atom. The van der Waals surface area contributed by atoms with Crippen molar-refractivity contribution in [3.8, 4) is 0 Å². The van der Waals surface area contributed by atoms with Gasteiger partial charge in [-0.25, -0.2) is 0 Å². The van der Waals surface area contributed by atoms with E-state index in [9.17, 15) is 5.21 Å². The molecule has 0 saturated heterocycles. The number of hydroxylamine groups is 3. The molecule has 0 amide bonds. The van der Waals surface area contributed by atoms with Crippen LogP contribution in [-0.4, -0.2) is 30.1 Å². The zero-order chi connectivity index (χ0) is 5.91. The van der Waals surface area contributed by atoms with Crippen LogP contribution in [0, 0.1) is 5.21 Å². The van der Waals surface area contributed by atoms with E-state index in [4.69, 9.17) is 5.11 Å². The average molecular weight is 105 g/mol. The molecule has 0 aliphatic heterocycles. The molecule has 0 aliphatic carbocycles. The molecule has 0 saturated carbocycles. The molecule has 0 spiro atoms. The minimum absolute atomic E-state index is 0.323. The van der Waals surface area contributed by atoms with Crippen LogP contribution in [0.2, 0.25) is 0 Å². The van der Waals surface area contributed by atoms with Crippen LogP contribution < -0.4 is 0 Å². The van der Waals surface area contributed by atoms with Gasteiger partial charge in [0.05, 0.1) is 13.6 Å². The molecule has 1 unspecified atom stereocenters. The van der Waals surface area contributed by atoms with Crippen molar-refractivity contribution >= 4 is 0 Å². The first-order valence-corrected chi connectivity index (χ1v) is 2.29. The van der Waals surface area contributed by atoms with Gasteiger partial charge in [-0.05, 0) is 6.92 Å². The second-order valence-electron chi connectivity index (χ2n) is 1.75. The Morgan fingerprint density at radius 2 is 2.14 bits per heavy atom. The van der Waals surface area contributed by atoms with Gasteiger partial charge in [0, 0.05) is 0 Å². The first-order chi connectivity index (χ1) is 3.12. The molecule has 0 aromatic carbocycles. The minimum Gasteiger partial charge on any atom is -0.631 e. The molecule has 0 bridgehead atoms. The molecule has 3 nitrogen and oxygen atoms in total. The lowest BCUT2D eigenvalue weighted by atomic mass is 10.6. The van der Waals surface area contributed by atoms with Crippen molar-refractivity contribution in [1.82, 2.24) is 0 Å². The molecule has 1 atom stereocenters. The van der Waals surface area contributed by atoms with Gasteiger partial charge < -0.3 is 15.0 Å². The summed E-state index contributed by atoms with van der Waals surface area (Å²) in [5.41, 5.74) is 0. The third kappa shape index (κ3) is 2.56. The van der Waals surface area contributed by atoms with E-state index < -0.39 is 4.65 Å². The highest BCUT2D eigenvalue weighted by Gasteiger charge is 1.99. The summed E-state index contributed by atoms with van der Waals surface area (Å²) in [5, 5.41) is 18.8. The van der Waals surface area contributed by atoms with Crippen LogP contribution in [0.3, 0.4) is 0 Å². The van der Waals surface area contributed by atoms with Crippen molar-refractivity contribution in [2.24, 2.45) is 0 Å². The van der Waals surface area contributed by atoms with Crippen LogP contribution in [-0.2, 0) is 0 Å². The van der Waals surface area contributed by atoms with E-state index in [0.717, 1.165) is 0 Å². The monoisotopic (exact) mass is 105 g/mol. The number of rotatable bonds is 2. The van der Waals surface area contributed by atoms with Gasteiger partial charge in [0.1, 0.15) is 0 Å². The third-order valence-corrected chi connectivity index (χ3v) is 0.968.